The second kappa shape index (κ2) is 6.89. The van der Waals surface area contributed by atoms with Crippen molar-refractivity contribution in [2.24, 2.45) is 0 Å². The van der Waals surface area contributed by atoms with Gasteiger partial charge in [0.05, 0.1) is 6.54 Å². The fourth-order valence-electron chi connectivity index (χ4n) is 2.04. The summed E-state index contributed by atoms with van der Waals surface area (Å²) in [5.41, 5.74) is 4.33. The van der Waals surface area contributed by atoms with E-state index in [-0.39, 0.29) is 24.0 Å². The molecule has 1 amide bonds. The van der Waals surface area contributed by atoms with Gasteiger partial charge in [-0.3, -0.25) is 14.4 Å². The van der Waals surface area contributed by atoms with Crippen LogP contribution in [-0.2, 0) is 19.8 Å². The number of carbonyl (C=O) groups excluding carboxylic acids is 2. The largest absolute Gasteiger partial charge is 0.457 e. The van der Waals surface area contributed by atoms with Crippen LogP contribution in [0.4, 0.5) is 0 Å². The van der Waals surface area contributed by atoms with Gasteiger partial charge in [0.25, 0.3) is 5.91 Å². The average Bonchev–Trinajstić information content (AvgIpc) is 2.97. The third-order valence-corrected chi connectivity index (χ3v) is 3.39. The van der Waals surface area contributed by atoms with Crippen molar-refractivity contribution in [3.8, 4) is 0 Å². The number of esters is 1. The first-order valence-corrected chi connectivity index (χ1v) is 7.29. The molecule has 1 saturated heterocycles. The van der Waals surface area contributed by atoms with Crippen LogP contribution in [0.5, 0.6) is 0 Å². The van der Waals surface area contributed by atoms with Crippen LogP contribution in [0.2, 0.25) is 0 Å². The second-order valence-electron chi connectivity index (χ2n) is 6.28. The molecule has 0 bridgehead atoms. The molecule has 0 aliphatic carbocycles. The molecule has 0 unspecified atom stereocenters. The van der Waals surface area contributed by atoms with Crippen molar-refractivity contribution in [2.75, 3.05) is 19.7 Å². The van der Waals surface area contributed by atoms with E-state index < -0.39 is 5.97 Å². The van der Waals surface area contributed by atoms with E-state index in [9.17, 15) is 9.59 Å². The van der Waals surface area contributed by atoms with Crippen molar-refractivity contribution < 1.29 is 19.2 Å². The SMILES string of the molecule is CC(C)(C)c1ccc(C(=O)NCC(=O)O[C@H]2CNOC2)cc1. The van der Waals surface area contributed by atoms with E-state index in [1.54, 1.807) is 12.1 Å². The summed E-state index contributed by atoms with van der Waals surface area (Å²) < 4.78 is 5.12. The zero-order valence-electron chi connectivity index (χ0n) is 13.1. The van der Waals surface area contributed by atoms with E-state index in [0.29, 0.717) is 18.7 Å². The van der Waals surface area contributed by atoms with Crippen LogP contribution in [-0.4, -0.2) is 37.7 Å². The predicted octanol–water partition coefficient (Wildman–Crippen LogP) is 1.16. The number of hydroxylamine groups is 1. The van der Waals surface area contributed by atoms with Crippen LogP contribution in [0.15, 0.2) is 24.3 Å². The van der Waals surface area contributed by atoms with Crippen LogP contribution >= 0.6 is 0 Å². The Balaban J connectivity index is 1.82. The van der Waals surface area contributed by atoms with Crippen molar-refractivity contribution in [3.63, 3.8) is 0 Å². The highest BCUT2D eigenvalue weighted by molar-refractivity contribution is 5.95. The van der Waals surface area contributed by atoms with Crippen LogP contribution in [0.3, 0.4) is 0 Å². The number of amides is 1. The van der Waals surface area contributed by atoms with Gasteiger partial charge in [-0.2, -0.15) is 5.48 Å². The minimum atomic E-state index is -0.475. The number of ether oxygens (including phenoxy) is 1. The molecule has 1 aromatic rings. The topological polar surface area (TPSA) is 76.7 Å². The highest BCUT2D eigenvalue weighted by atomic mass is 16.7. The Morgan fingerprint density at radius 3 is 2.55 bits per heavy atom. The first kappa shape index (κ1) is 16.5. The molecule has 1 aromatic carbocycles. The van der Waals surface area contributed by atoms with Crippen LogP contribution in [0.1, 0.15) is 36.7 Å². The van der Waals surface area contributed by atoms with Crippen molar-refractivity contribution >= 4 is 11.9 Å². The zero-order chi connectivity index (χ0) is 16.2. The monoisotopic (exact) mass is 306 g/mol. The minimum Gasteiger partial charge on any atom is -0.457 e. The molecule has 1 heterocycles. The third kappa shape index (κ3) is 4.54. The summed E-state index contributed by atoms with van der Waals surface area (Å²) in [5, 5.41) is 2.56. The van der Waals surface area contributed by atoms with Crippen molar-refractivity contribution in [2.45, 2.75) is 32.3 Å². The third-order valence-electron chi connectivity index (χ3n) is 3.39. The zero-order valence-corrected chi connectivity index (χ0v) is 13.1. The van der Waals surface area contributed by atoms with Crippen LogP contribution in [0, 0.1) is 0 Å². The van der Waals surface area contributed by atoms with Gasteiger partial charge in [0.2, 0.25) is 0 Å². The average molecular weight is 306 g/mol. The Morgan fingerprint density at radius 2 is 2.00 bits per heavy atom. The molecule has 2 N–H and O–H groups in total. The van der Waals surface area contributed by atoms with E-state index in [1.807, 2.05) is 12.1 Å². The fourth-order valence-corrected chi connectivity index (χ4v) is 2.04. The normalized spacial score (nSPS) is 18.0. The molecule has 1 atom stereocenters. The van der Waals surface area contributed by atoms with Gasteiger partial charge >= 0.3 is 5.97 Å². The Kier molecular flexibility index (Phi) is 5.15. The smallest absolute Gasteiger partial charge is 0.325 e. The van der Waals surface area contributed by atoms with Gasteiger partial charge < -0.3 is 10.1 Å². The maximum Gasteiger partial charge on any atom is 0.325 e. The molecule has 1 aliphatic rings. The minimum absolute atomic E-state index is 0.0379. The van der Waals surface area contributed by atoms with Crippen LogP contribution < -0.4 is 10.8 Å². The summed E-state index contributed by atoms with van der Waals surface area (Å²) in [6, 6.07) is 7.37. The van der Waals surface area contributed by atoms with E-state index in [4.69, 9.17) is 9.57 Å². The number of carbonyl (C=O) groups is 2. The van der Waals surface area contributed by atoms with Gasteiger partial charge in [-0.25, -0.2) is 0 Å². The quantitative estimate of drug-likeness (QED) is 0.816. The van der Waals surface area contributed by atoms with Crippen molar-refractivity contribution in [1.29, 1.82) is 0 Å². The lowest BCUT2D eigenvalue weighted by Crippen LogP contribution is -2.33. The summed E-state index contributed by atoms with van der Waals surface area (Å²) in [5.74, 6) is -0.768. The first-order chi connectivity index (χ1) is 10.4. The van der Waals surface area contributed by atoms with Gasteiger partial charge in [0.1, 0.15) is 19.3 Å². The van der Waals surface area contributed by atoms with E-state index in [2.05, 4.69) is 31.6 Å². The lowest BCUT2D eigenvalue weighted by atomic mass is 9.87. The Bertz CT molecular complexity index is 528. The summed E-state index contributed by atoms with van der Waals surface area (Å²) in [6.07, 6.45) is -0.296. The van der Waals surface area contributed by atoms with Gasteiger partial charge in [-0.05, 0) is 23.1 Å². The molecule has 6 nitrogen and oxygen atoms in total. The number of hydrogen-bond donors (Lipinski definition) is 2. The molecular formula is C16H22N2O4. The molecule has 120 valence electrons. The molecule has 1 fully saturated rings. The maximum atomic E-state index is 12.0. The molecule has 0 radical (unpaired) electrons. The molecule has 22 heavy (non-hydrogen) atoms. The van der Waals surface area contributed by atoms with Crippen molar-refractivity contribution in [3.05, 3.63) is 35.4 Å². The molecule has 0 spiro atoms. The fraction of sp³-hybridized carbons (Fsp3) is 0.500. The lowest BCUT2D eigenvalue weighted by Gasteiger charge is -2.19. The maximum absolute atomic E-state index is 12.0. The number of nitrogens with one attached hydrogen (secondary N) is 2. The molecule has 0 saturated carbocycles. The second-order valence-corrected chi connectivity index (χ2v) is 6.28. The molecular weight excluding hydrogens is 284 g/mol. The van der Waals surface area contributed by atoms with Crippen molar-refractivity contribution in [1.82, 2.24) is 10.8 Å². The van der Waals surface area contributed by atoms with Gasteiger partial charge in [-0.1, -0.05) is 32.9 Å². The Morgan fingerprint density at radius 1 is 1.32 bits per heavy atom. The summed E-state index contributed by atoms with van der Waals surface area (Å²) >= 11 is 0. The Labute approximate surface area is 130 Å². The standard InChI is InChI=1S/C16H22N2O4/c1-16(2,3)12-6-4-11(5-7-12)15(20)17-9-14(19)22-13-8-18-21-10-13/h4-7,13,18H,8-10H2,1-3H3,(H,17,20)/t13-/m0/s1. The van der Waals surface area contributed by atoms with E-state index in [1.165, 1.54) is 0 Å². The first-order valence-electron chi connectivity index (χ1n) is 7.29. The highest BCUT2D eigenvalue weighted by Gasteiger charge is 2.20. The van der Waals surface area contributed by atoms with Gasteiger partial charge in [-0.15, -0.1) is 0 Å². The van der Waals surface area contributed by atoms with Gasteiger partial charge in [0.15, 0.2) is 0 Å². The molecule has 2 rings (SSSR count). The van der Waals surface area contributed by atoms with E-state index >= 15 is 0 Å². The molecule has 0 aromatic heterocycles. The molecule has 6 heteroatoms. The van der Waals surface area contributed by atoms with E-state index in [0.717, 1.165) is 5.56 Å². The predicted molar refractivity (Wildman–Crippen MR) is 81.3 cm³/mol. The summed E-state index contributed by atoms with van der Waals surface area (Å²) in [7, 11) is 0. The lowest BCUT2D eigenvalue weighted by molar-refractivity contribution is -0.147. The number of rotatable bonds is 4. The summed E-state index contributed by atoms with van der Waals surface area (Å²) in [6.45, 7) is 6.97. The highest BCUT2D eigenvalue weighted by Crippen LogP contribution is 2.22. The summed E-state index contributed by atoms with van der Waals surface area (Å²) in [4.78, 5) is 28.5. The number of benzene rings is 1. The molecule has 1 aliphatic heterocycles. The number of hydrogen-bond acceptors (Lipinski definition) is 5. The van der Waals surface area contributed by atoms with Crippen LogP contribution in [0.25, 0.3) is 0 Å². The van der Waals surface area contributed by atoms with Gasteiger partial charge in [0, 0.05) is 5.56 Å². The Hall–Kier alpha value is -1.92.